The van der Waals surface area contributed by atoms with Gasteiger partial charge in [-0.15, -0.1) is 0 Å². The van der Waals surface area contributed by atoms with Crippen molar-refractivity contribution >= 4 is 22.8 Å². The van der Waals surface area contributed by atoms with Crippen LogP contribution in [0.3, 0.4) is 0 Å². The average molecular weight is 328 g/mol. The lowest BCUT2D eigenvalue weighted by Crippen LogP contribution is -2.52. The molecule has 1 aromatic carbocycles. The van der Waals surface area contributed by atoms with Gasteiger partial charge in [-0.3, -0.25) is 9.59 Å². The highest BCUT2D eigenvalue weighted by Crippen LogP contribution is 2.20. The zero-order chi connectivity index (χ0) is 17.1. The fourth-order valence-corrected chi connectivity index (χ4v) is 3.26. The van der Waals surface area contributed by atoms with Crippen molar-refractivity contribution in [2.75, 3.05) is 6.54 Å². The van der Waals surface area contributed by atoms with Gasteiger partial charge in [-0.25, -0.2) is 4.98 Å². The van der Waals surface area contributed by atoms with Gasteiger partial charge in [-0.1, -0.05) is 19.1 Å². The third-order valence-electron chi connectivity index (χ3n) is 4.60. The maximum atomic E-state index is 12.7. The summed E-state index contributed by atoms with van der Waals surface area (Å²) in [6.07, 6.45) is 3.10. The first-order valence-electron chi connectivity index (χ1n) is 8.64. The van der Waals surface area contributed by atoms with Crippen molar-refractivity contribution in [3.05, 3.63) is 30.1 Å². The van der Waals surface area contributed by atoms with Crippen LogP contribution < -0.4 is 5.32 Å². The summed E-state index contributed by atoms with van der Waals surface area (Å²) in [5.41, 5.74) is 1.84. The summed E-state index contributed by atoms with van der Waals surface area (Å²) < 4.78 is 0. The number of aromatic amines is 1. The number of para-hydroxylation sites is 2. The smallest absolute Gasteiger partial charge is 0.243 e. The SMILES string of the molecule is CCC(=O)N1CCCCC1C(=O)N[C@@H](C)c1nc2ccccc2[nH]1. The highest BCUT2D eigenvalue weighted by Gasteiger charge is 2.32. The second kappa shape index (κ2) is 7.03. The van der Waals surface area contributed by atoms with Gasteiger partial charge in [0.1, 0.15) is 11.9 Å². The molecule has 1 unspecified atom stereocenters. The lowest BCUT2D eigenvalue weighted by atomic mass is 10.0. The van der Waals surface area contributed by atoms with Gasteiger partial charge in [0.25, 0.3) is 0 Å². The highest BCUT2D eigenvalue weighted by atomic mass is 16.2. The number of aromatic nitrogens is 2. The maximum absolute atomic E-state index is 12.7. The molecule has 2 heterocycles. The Bertz CT molecular complexity index is 706. The Hall–Kier alpha value is -2.37. The van der Waals surface area contributed by atoms with Crippen molar-refractivity contribution in [3.63, 3.8) is 0 Å². The molecule has 1 aliphatic rings. The fraction of sp³-hybridized carbons (Fsp3) is 0.500. The Morgan fingerprint density at radius 1 is 1.38 bits per heavy atom. The van der Waals surface area contributed by atoms with Crippen molar-refractivity contribution in [2.45, 2.75) is 51.6 Å². The molecule has 0 spiro atoms. The first-order chi connectivity index (χ1) is 11.6. The first kappa shape index (κ1) is 16.5. The van der Waals surface area contributed by atoms with E-state index in [4.69, 9.17) is 0 Å². The molecule has 3 rings (SSSR count). The molecule has 2 N–H and O–H groups in total. The van der Waals surface area contributed by atoms with Crippen molar-refractivity contribution in [1.82, 2.24) is 20.2 Å². The minimum atomic E-state index is -0.363. The molecule has 0 bridgehead atoms. The summed E-state index contributed by atoms with van der Waals surface area (Å²) in [5.74, 6) is 0.685. The molecule has 6 heteroatoms. The minimum Gasteiger partial charge on any atom is -0.345 e. The molecule has 6 nitrogen and oxygen atoms in total. The highest BCUT2D eigenvalue weighted by molar-refractivity contribution is 5.88. The Labute approximate surface area is 141 Å². The van der Waals surface area contributed by atoms with E-state index in [1.807, 2.05) is 38.1 Å². The number of rotatable bonds is 4. The zero-order valence-corrected chi connectivity index (χ0v) is 14.2. The van der Waals surface area contributed by atoms with Gasteiger partial charge < -0.3 is 15.2 Å². The van der Waals surface area contributed by atoms with Crippen LogP contribution in [0, 0.1) is 0 Å². The first-order valence-corrected chi connectivity index (χ1v) is 8.64. The number of imidazole rings is 1. The molecular weight excluding hydrogens is 304 g/mol. The molecule has 1 saturated heterocycles. The monoisotopic (exact) mass is 328 g/mol. The Morgan fingerprint density at radius 3 is 2.92 bits per heavy atom. The summed E-state index contributed by atoms with van der Waals surface area (Å²) >= 11 is 0. The number of hydrogen-bond acceptors (Lipinski definition) is 3. The van der Waals surface area contributed by atoms with Crippen LogP contribution in [0.1, 0.15) is 51.4 Å². The van der Waals surface area contributed by atoms with Crippen LogP contribution >= 0.6 is 0 Å². The number of carbonyl (C=O) groups is 2. The van der Waals surface area contributed by atoms with Crippen LogP contribution in [0.5, 0.6) is 0 Å². The number of hydrogen-bond donors (Lipinski definition) is 2. The van der Waals surface area contributed by atoms with E-state index in [0.29, 0.717) is 13.0 Å². The van der Waals surface area contributed by atoms with E-state index in [0.717, 1.165) is 36.1 Å². The molecule has 2 amide bonds. The van der Waals surface area contributed by atoms with Crippen LogP contribution in [0.25, 0.3) is 11.0 Å². The molecule has 24 heavy (non-hydrogen) atoms. The van der Waals surface area contributed by atoms with Crippen molar-refractivity contribution in [2.24, 2.45) is 0 Å². The quantitative estimate of drug-likeness (QED) is 0.905. The van der Waals surface area contributed by atoms with Gasteiger partial charge in [0.15, 0.2) is 0 Å². The summed E-state index contributed by atoms with van der Waals surface area (Å²) in [7, 11) is 0. The van der Waals surface area contributed by atoms with Gasteiger partial charge in [-0.05, 0) is 38.3 Å². The third kappa shape index (κ3) is 3.27. The second-order valence-corrected chi connectivity index (χ2v) is 6.32. The Balaban J connectivity index is 1.71. The number of piperidine rings is 1. The molecule has 2 aromatic rings. The van der Waals surface area contributed by atoms with E-state index < -0.39 is 0 Å². The third-order valence-corrected chi connectivity index (χ3v) is 4.60. The molecule has 0 saturated carbocycles. The predicted octanol–water partition coefficient (Wildman–Crippen LogP) is 2.53. The van der Waals surface area contributed by atoms with E-state index in [1.54, 1.807) is 4.90 Å². The molecule has 0 aliphatic carbocycles. The topological polar surface area (TPSA) is 78.1 Å². The largest absolute Gasteiger partial charge is 0.345 e. The standard InChI is InChI=1S/C18H24N4O2/c1-3-16(23)22-11-7-6-10-15(22)18(24)19-12(2)17-20-13-8-4-5-9-14(13)21-17/h4-5,8-9,12,15H,3,6-7,10-11H2,1-2H3,(H,19,24)(H,20,21)/t12-,15?/m0/s1. The number of benzene rings is 1. The maximum Gasteiger partial charge on any atom is 0.243 e. The van der Waals surface area contributed by atoms with E-state index in [9.17, 15) is 9.59 Å². The summed E-state index contributed by atoms with van der Waals surface area (Å²) in [6, 6.07) is 7.19. The second-order valence-electron chi connectivity index (χ2n) is 6.32. The number of H-pyrrole nitrogens is 1. The van der Waals surface area contributed by atoms with Crippen LogP contribution in [0.4, 0.5) is 0 Å². The molecule has 1 aromatic heterocycles. The zero-order valence-electron chi connectivity index (χ0n) is 14.2. The number of nitrogens with zero attached hydrogens (tertiary/aromatic N) is 2. The Morgan fingerprint density at radius 2 is 2.17 bits per heavy atom. The normalized spacial score (nSPS) is 19.2. The molecule has 128 valence electrons. The number of carbonyl (C=O) groups excluding carboxylic acids is 2. The summed E-state index contributed by atoms with van der Waals surface area (Å²) in [6.45, 7) is 4.41. The average Bonchev–Trinajstić information content (AvgIpc) is 3.05. The predicted molar refractivity (Wildman–Crippen MR) is 92.3 cm³/mol. The number of fused-ring (bicyclic) bond motifs is 1. The van der Waals surface area contributed by atoms with Gasteiger partial charge in [0.05, 0.1) is 17.1 Å². The van der Waals surface area contributed by atoms with Gasteiger partial charge in [-0.2, -0.15) is 0 Å². The van der Waals surface area contributed by atoms with Crippen LogP contribution in [0.15, 0.2) is 24.3 Å². The molecular formula is C18H24N4O2. The molecule has 0 radical (unpaired) electrons. The summed E-state index contributed by atoms with van der Waals surface area (Å²) in [5, 5.41) is 3.01. The molecule has 1 fully saturated rings. The van der Waals surface area contributed by atoms with Gasteiger partial charge >= 0.3 is 0 Å². The summed E-state index contributed by atoms with van der Waals surface area (Å²) in [4.78, 5) is 34.3. The van der Waals surface area contributed by atoms with Crippen LogP contribution in [-0.4, -0.2) is 39.3 Å². The van der Waals surface area contributed by atoms with Crippen LogP contribution in [-0.2, 0) is 9.59 Å². The number of amides is 2. The van der Waals surface area contributed by atoms with Crippen molar-refractivity contribution in [1.29, 1.82) is 0 Å². The van der Waals surface area contributed by atoms with E-state index in [2.05, 4.69) is 15.3 Å². The lowest BCUT2D eigenvalue weighted by Gasteiger charge is -2.35. The molecule has 2 atom stereocenters. The Kier molecular flexibility index (Phi) is 4.83. The number of likely N-dealkylation sites (tertiary alicyclic amines) is 1. The fourth-order valence-electron chi connectivity index (χ4n) is 3.26. The van der Waals surface area contributed by atoms with E-state index >= 15 is 0 Å². The van der Waals surface area contributed by atoms with Gasteiger partial charge in [0.2, 0.25) is 11.8 Å². The number of nitrogens with one attached hydrogen (secondary N) is 2. The van der Waals surface area contributed by atoms with E-state index in [1.165, 1.54) is 0 Å². The van der Waals surface area contributed by atoms with Crippen molar-refractivity contribution < 1.29 is 9.59 Å². The minimum absolute atomic E-state index is 0.0474. The van der Waals surface area contributed by atoms with Gasteiger partial charge in [0, 0.05) is 13.0 Å². The van der Waals surface area contributed by atoms with E-state index in [-0.39, 0.29) is 23.9 Å². The lowest BCUT2D eigenvalue weighted by molar-refractivity contribution is -0.142. The van der Waals surface area contributed by atoms with Crippen molar-refractivity contribution in [3.8, 4) is 0 Å². The molecule has 1 aliphatic heterocycles. The van der Waals surface area contributed by atoms with Crippen LogP contribution in [0.2, 0.25) is 0 Å².